The first-order chi connectivity index (χ1) is 15.1. The van der Waals surface area contributed by atoms with E-state index in [0.717, 1.165) is 22.5 Å². The Morgan fingerprint density at radius 2 is 1.84 bits per heavy atom. The lowest BCUT2D eigenvalue weighted by Crippen LogP contribution is -2.52. The van der Waals surface area contributed by atoms with Crippen LogP contribution in [0.2, 0.25) is 0 Å². The van der Waals surface area contributed by atoms with E-state index in [9.17, 15) is 9.59 Å². The zero-order valence-electron chi connectivity index (χ0n) is 17.3. The van der Waals surface area contributed by atoms with Gasteiger partial charge in [-0.1, -0.05) is 30.0 Å². The third-order valence-corrected chi connectivity index (χ3v) is 5.88. The Hall–Kier alpha value is -3.20. The van der Waals surface area contributed by atoms with Crippen molar-refractivity contribution in [2.24, 2.45) is 0 Å². The number of thioether (sulfide) groups is 1. The number of hydrogen-bond donors (Lipinski definition) is 2. The van der Waals surface area contributed by atoms with Crippen molar-refractivity contribution in [1.29, 1.82) is 0 Å². The Balaban J connectivity index is 1.25. The predicted octanol–water partition coefficient (Wildman–Crippen LogP) is 3.43. The molecule has 1 aliphatic heterocycles. The number of H-pyrrole nitrogens is 1. The van der Waals surface area contributed by atoms with Crippen LogP contribution in [0, 0.1) is 0 Å². The van der Waals surface area contributed by atoms with Gasteiger partial charge in [-0.05, 0) is 31.2 Å². The Morgan fingerprint density at radius 1 is 1.10 bits per heavy atom. The second-order valence-corrected chi connectivity index (χ2v) is 8.07. The number of carbonyl (C=O) groups is 2. The van der Waals surface area contributed by atoms with Crippen molar-refractivity contribution in [3.05, 3.63) is 48.5 Å². The van der Waals surface area contributed by atoms with Crippen LogP contribution in [0.4, 0.5) is 10.5 Å². The molecule has 3 aromatic rings. The van der Waals surface area contributed by atoms with Crippen molar-refractivity contribution in [1.82, 2.24) is 19.8 Å². The predicted molar refractivity (Wildman–Crippen MR) is 122 cm³/mol. The maximum Gasteiger partial charge on any atom is 0.321 e. The average molecular weight is 440 g/mol. The molecule has 0 aliphatic carbocycles. The summed E-state index contributed by atoms with van der Waals surface area (Å²) >= 11 is 1.38. The summed E-state index contributed by atoms with van der Waals surface area (Å²) in [5.74, 6) is 1.14. The number of carbonyl (C=O) groups excluding carboxylic acids is 2. The van der Waals surface area contributed by atoms with Crippen LogP contribution in [0.25, 0.3) is 11.0 Å². The van der Waals surface area contributed by atoms with E-state index in [-0.39, 0.29) is 11.9 Å². The summed E-state index contributed by atoms with van der Waals surface area (Å²) in [5.41, 5.74) is 2.50. The minimum absolute atomic E-state index is 0.0450. The fourth-order valence-corrected chi connectivity index (χ4v) is 4.18. The van der Waals surface area contributed by atoms with Crippen LogP contribution >= 0.6 is 11.8 Å². The highest BCUT2D eigenvalue weighted by molar-refractivity contribution is 7.99. The van der Waals surface area contributed by atoms with Gasteiger partial charge in [-0.2, -0.15) is 0 Å². The van der Waals surface area contributed by atoms with E-state index < -0.39 is 0 Å². The maximum absolute atomic E-state index is 12.6. The lowest BCUT2D eigenvalue weighted by atomic mass is 10.3. The molecule has 2 heterocycles. The number of benzene rings is 2. The number of imidazole rings is 1. The lowest BCUT2D eigenvalue weighted by molar-refractivity contribution is -0.129. The number of ether oxygens (including phenoxy) is 1. The molecule has 162 valence electrons. The third-order valence-electron chi connectivity index (χ3n) is 5.02. The Bertz CT molecular complexity index is 1050. The van der Waals surface area contributed by atoms with Gasteiger partial charge in [0.15, 0.2) is 5.16 Å². The smallest absolute Gasteiger partial charge is 0.321 e. The van der Waals surface area contributed by atoms with Gasteiger partial charge in [0.05, 0.1) is 23.4 Å². The number of nitrogens with one attached hydrogen (secondary N) is 2. The normalized spacial score (nSPS) is 14.0. The van der Waals surface area contributed by atoms with E-state index in [2.05, 4.69) is 15.3 Å². The molecule has 3 amide bonds. The van der Waals surface area contributed by atoms with Gasteiger partial charge in [-0.15, -0.1) is 0 Å². The third kappa shape index (κ3) is 5.29. The Kier molecular flexibility index (Phi) is 6.61. The summed E-state index contributed by atoms with van der Waals surface area (Å²) in [5, 5.41) is 3.59. The highest BCUT2D eigenvalue weighted by atomic mass is 32.2. The molecule has 0 radical (unpaired) electrons. The Labute approximate surface area is 185 Å². The second-order valence-electron chi connectivity index (χ2n) is 7.11. The molecule has 9 heteroatoms. The van der Waals surface area contributed by atoms with Crippen LogP contribution in [0.5, 0.6) is 5.75 Å². The molecule has 1 aliphatic rings. The van der Waals surface area contributed by atoms with E-state index in [0.29, 0.717) is 43.7 Å². The van der Waals surface area contributed by atoms with Crippen LogP contribution in [0.1, 0.15) is 6.92 Å². The summed E-state index contributed by atoms with van der Waals surface area (Å²) in [4.78, 5) is 36.3. The zero-order chi connectivity index (χ0) is 21.6. The molecule has 31 heavy (non-hydrogen) atoms. The number of aromatic amines is 1. The molecule has 4 rings (SSSR count). The molecule has 0 unspecified atom stereocenters. The molecule has 1 saturated heterocycles. The van der Waals surface area contributed by atoms with Crippen molar-refractivity contribution in [2.75, 3.05) is 43.9 Å². The number of amides is 3. The van der Waals surface area contributed by atoms with Gasteiger partial charge >= 0.3 is 6.03 Å². The van der Waals surface area contributed by atoms with Crippen molar-refractivity contribution >= 4 is 40.4 Å². The van der Waals surface area contributed by atoms with Gasteiger partial charge < -0.3 is 24.8 Å². The van der Waals surface area contributed by atoms with Gasteiger partial charge in [0.25, 0.3) is 0 Å². The molecule has 1 fully saturated rings. The van der Waals surface area contributed by atoms with Crippen molar-refractivity contribution in [3.63, 3.8) is 0 Å². The first-order valence-corrected chi connectivity index (χ1v) is 11.2. The number of hydrogen-bond acceptors (Lipinski definition) is 5. The number of para-hydroxylation sites is 1. The molecule has 2 aromatic carbocycles. The van der Waals surface area contributed by atoms with Crippen molar-refractivity contribution < 1.29 is 14.3 Å². The molecule has 0 atom stereocenters. The highest BCUT2D eigenvalue weighted by Gasteiger charge is 2.24. The molecule has 0 bridgehead atoms. The fraction of sp³-hybridized carbons (Fsp3) is 0.318. The van der Waals surface area contributed by atoms with Gasteiger partial charge in [-0.25, -0.2) is 9.78 Å². The second kappa shape index (κ2) is 9.74. The molecular formula is C22H25N5O3S. The van der Waals surface area contributed by atoms with Gasteiger partial charge in [-0.3, -0.25) is 4.79 Å². The van der Waals surface area contributed by atoms with Crippen LogP contribution in [0.15, 0.2) is 53.7 Å². The molecule has 8 nitrogen and oxygen atoms in total. The molecule has 0 saturated carbocycles. The number of fused-ring (bicyclic) bond motifs is 1. The van der Waals surface area contributed by atoms with Crippen LogP contribution in [0.3, 0.4) is 0 Å². The number of anilines is 1. The first kappa shape index (κ1) is 21.0. The van der Waals surface area contributed by atoms with E-state index in [1.54, 1.807) is 9.80 Å². The van der Waals surface area contributed by atoms with Gasteiger partial charge in [0, 0.05) is 37.9 Å². The van der Waals surface area contributed by atoms with E-state index in [4.69, 9.17) is 4.74 Å². The summed E-state index contributed by atoms with van der Waals surface area (Å²) in [7, 11) is 0. The summed E-state index contributed by atoms with van der Waals surface area (Å²) in [6, 6.07) is 14.9. The minimum Gasteiger partial charge on any atom is -0.494 e. The number of nitrogens with zero attached hydrogens (tertiary/aromatic N) is 3. The van der Waals surface area contributed by atoms with Crippen molar-refractivity contribution in [3.8, 4) is 5.75 Å². The quantitative estimate of drug-likeness (QED) is 0.575. The number of rotatable bonds is 6. The van der Waals surface area contributed by atoms with Crippen molar-refractivity contribution in [2.45, 2.75) is 12.1 Å². The average Bonchev–Trinajstić information content (AvgIpc) is 3.21. The highest BCUT2D eigenvalue weighted by Crippen LogP contribution is 2.23. The van der Waals surface area contributed by atoms with Crippen LogP contribution in [-0.4, -0.2) is 70.2 Å². The van der Waals surface area contributed by atoms with E-state index >= 15 is 0 Å². The van der Waals surface area contributed by atoms with Gasteiger partial charge in [0.1, 0.15) is 5.75 Å². The number of urea groups is 1. The largest absolute Gasteiger partial charge is 0.494 e. The van der Waals surface area contributed by atoms with Gasteiger partial charge in [0.2, 0.25) is 5.91 Å². The number of piperazine rings is 1. The van der Waals surface area contributed by atoms with Crippen LogP contribution < -0.4 is 10.1 Å². The summed E-state index contributed by atoms with van der Waals surface area (Å²) in [6.07, 6.45) is 0. The summed E-state index contributed by atoms with van der Waals surface area (Å²) < 4.78 is 5.51. The molecule has 1 aromatic heterocycles. The first-order valence-electron chi connectivity index (χ1n) is 10.3. The molecular weight excluding hydrogens is 414 g/mol. The topological polar surface area (TPSA) is 90.6 Å². The monoisotopic (exact) mass is 439 g/mol. The molecule has 0 spiro atoms. The SMILES string of the molecule is CCOc1ccc2nc(SCC(=O)N3CCN(C(=O)Nc4ccccc4)CC3)[nH]c2c1. The fourth-order valence-electron chi connectivity index (χ4n) is 3.39. The van der Waals surface area contributed by atoms with E-state index in [1.807, 2.05) is 55.5 Å². The minimum atomic E-state index is -0.138. The standard InChI is InChI=1S/C22H25N5O3S/c1-2-30-17-8-9-18-19(14-17)25-21(24-18)31-15-20(28)26-10-12-27(13-11-26)22(29)23-16-6-4-3-5-7-16/h3-9,14H,2,10-13,15H2,1H3,(H,23,29)(H,24,25). The van der Waals surface area contributed by atoms with E-state index in [1.165, 1.54) is 11.8 Å². The molecule has 2 N–H and O–H groups in total. The Morgan fingerprint density at radius 3 is 2.58 bits per heavy atom. The number of aromatic nitrogens is 2. The summed E-state index contributed by atoms with van der Waals surface area (Å²) in [6.45, 7) is 4.63. The zero-order valence-corrected chi connectivity index (χ0v) is 18.2. The lowest BCUT2D eigenvalue weighted by Gasteiger charge is -2.34. The van der Waals surface area contributed by atoms with Crippen LogP contribution in [-0.2, 0) is 4.79 Å². The maximum atomic E-state index is 12.6.